The van der Waals surface area contributed by atoms with E-state index in [1.807, 2.05) is 12.3 Å². The summed E-state index contributed by atoms with van der Waals surface area (Å²) in [6.45, 7) is 2.20. The highest BCUT2D eigenvalue weighted by atomic mass is 32.1. The second kappa shape index (κ2) is 6.57. The monoisotopic (exact) mass is 244 g/mol. The van der Waals surface area contributed by atoms with Gasteiger partial charge < -0.3 is 15.1 Å². The van der Waals surface area contributed by atoms with E-state index in [1.54, 1.807) is 0 Å². The van der Waals surface area contributed by atoms with Crippen molar-refractivity contribution in [1.82, 2.24) is 9.88 Å². The molecule has 1 aromatic heterocycles. The van der Waals surface area contributed by atoms with E-state index in [-0.39, 0.29) is 38.6 Å². The number of hydrogen-bond donors (Lipinski definition) is 2. The van der Waals surface area contributed by atoms with Gasteiger partial charge in [0.15, 0.2) is 0 Å². The highest BCUT2D eigenvalue weighted by molar-refractivity contribution is 7.09. The Morgan fingerprint density at radius 1 is 1.44 bits per heavy atom. The highest BCUT2D eigenvalue weighted by Crippen LogP contribution is 2.09. The molecule has 0 spiro atoms. The third-order valence-electron chi connectivity index (χ3n) is 2.09. The van der Waals surface area contributed by atoms with Crippen molar-refractivity contribution in [3.63, 3.8) is 0 Å². The number of carbonyl (C=O) groups is 1. The first-order valence-corrected chi connectivity index (χ1v) is 5.96. The fourth-order valence-electron chi connectivity index (χ4n) is 1.36. The Kier molecular flexibility index (Phi) is 5.37. The molecule has 1 rings (SSSR count). The van der Waals surface area contributed by atoms with Gasteiger partial charge in [0.1, 0.15) is 0 Å². The zero-order valence-electron chi connectivity index (χ0n) is 9.22. The van der Waals surface area contributed by atoms with E-state index in [0.717, 1.165) is 10.7 Å². The molecule has 0 saturated carbocycles. The van der Waals surface area contributed by atoms with Crippen LogP contribution in [0.5, 0.6) is 0 Å². The Morgan fingerprint density at radius 3 is 2.50 bits per heavy atom. The smallest absolute Gasteiger partial charge is 0.228 e. The van der Waals surface area contributed by atoms with E-state index in [0.29, 0.717) is 0 Å². The molecule has 0 fully saturated rings. The van der Waals surface area contributed by atoms with E-state index >= 15 is 0 Å². The van der Waals surface area contributed by atoms with E-state index < -0.39 is 0 Å². The Bertz CT molecular complexity index is 335. The van der Waals surface area contributed by atoms with Gasteiger partial charge in [0.25, 0.3) is 0 Å². The van der Waals surface area contributed by atoms with Crippen LogP contribution >= 0.6 is 11.3 Å². The topological polar surface area (TPSA) is 73.7 Å². The molecule has 0 saturated heterocycles. The molecule has 2 N–H and O–H groups in total. The summed E-state index contributed by atoms with van der Waals surface area (Å²) in [4.78, 5) is 17.4. The molecular formula is C10H16N2O3S. The van der Waals surface area contributed by atoms with E-state index in [2.05, 4.69) is 4.98 Å². The van der Waals surface area contributed by atoms with Gasteiger partial charge in [-0.3, -0.25) is 4.79 Å². The fraction of sp³-hybridized carbons (Fsp3) is 0.600. The van der Waals surface area contributed by atoms with Crippen LogP contribution in [0.25, 0.3) is 0 Å². The number of aliphatic hydroxyl groups excluding tert-OH is 2. The second-order valence-electron chi connectivity index (χ2n) is 3.36. The van der Waals surface area contributed by atoms with Crippen molar-refractivity contribution < 1.29 is 15.0 Å². The second-order valence-corrected chi connectivity index (χ2v) is 4.42. The summed E-state index contributed by atoms with van der Waals surface area (Å²) in [7, 11) is 0. The van der Waals surface area contributed by atoms with Crippen molar-refractivity contribution in [2.75, 3.05) is 26.3 Å². The largest absolute Gasteiger partial charge is 0.395 e. The van der Waals surface area contributed by atoms with Crippen molar-refractivity contribution in [1.29, 1.82) is 0 Å². The number of aliphatic hydroxyl groups is 2. The molecule has 0 aliphatic rings. The number of rotatable bonds is 6. The standard InChI is InChI=1S/C10H16N2O3S/c1-8-11-9(7-16-8)6-10(15)12(2-4-13)3-5-14/h7,13-14H,2-6H2,1H3. The predicted octanol–water partition coefficient (Wildman–Crippen LogP) is -0.193. The summed E-state index contributed by atoms with van der Waals surface area (Å²) in [5, 5.41) is 20.4. The minimum atomic E-state index is -0.117. The molecule has 5 nitrogen and oxygen atoms in total. The molecule has 1 heterocycles. The molecule has 0 aromatic carbocycles. The number of nitrogens with zero attached hydrogens (tertiary/aromatic N) is 2. The van der Waals surface area contributed by atoms with Gasteiger partial charge in [-0.25, -0.2) is 4.98 Å². The van der Waals surface area contributed by atoms with Gasteiger partial charge in [-0.05, 0) is 6.92 Å². The summed E-state index contributed by atoms with van der Waals surface area (Å²) in [6.07, 6.45) is 0.227. The Balaban J connectivity index is 2.54. The molecule has 1 amide bonds. The van der Waals surface area contributed by atoms with E-state index in [4.69, 9.17) is 10.2 Å². The predicted molar refractivity (Wildman–Crippen MR) is 61.3 cm³/mol. The molecule has 0 radical (unpaired) electrons. The lowest BCUT2D eigenvalue weighted by Gasteiger charge is -2.19. The van der Waals surface area contributed by atoms with Gasteiger partial charge in [-0.1, -0.05) is 0 Å². The fourth-order valence-corrected chi connectivity index (χ4v) is 1.97. The van der Waals surface area contributed by atoms with Gasteiger partial charge in [-0.2, -0.15) is 0 Å². The summed E-state index contributed by atoms with van der Waals surface area (Å²) in [6, 6.07) is 0. The zero-order chi connectivity index (χ0) is 12.0. The summed E-state index contributed by atoms with van der Waals surface area (Å²) >= 11 is 1.50. The number of hydrogen-bond acceptors (Lipinski definition) is 5. The van der Waals surface area contributed by atoms with E-state index in [1.165, 1.54) is 16.2 Å². The maximum absolute atomic E-state index is 11.8. The molecule has 16 heavy (non-hydrogen) atoms. The molecule has 1 aromatic rings. The lowest BCUT2D eigenvalue weighted by molar-refractivity contribution is -0.131. The van der Waals surface area contributed by atoms with Crippen LogP contribution in [0.15, 0.2) is 5.38 Å². The lowest BCUT2D eigenvalue weighted by Crippen LogP contribution is -2.36. The maximum Gasteiger partial charge on any atom is 0.228 e. The van der Waals surface area contributed by atoms with Gasteiger partial charge in [-0.15, -0.1) is 11.3 Å². The Morgan fingerprint density at radius 2 is 2.06 bits per heavy atom. The van der Waals surface area contributed by atoms with Crippen LogP contribution in [-0.2, 0) is 11.2 Å². The molecule has 90 valence electrons. The molecule has 0 bridgehead atoms. The van der Waals surface area contributed by atoms with Crippen LogP contribution in [0.4, 0.5) is 0 Å². The number of aromatic nitrogens is 1. The quantitative estimate of drug-likeness (QED) is 0.727. The number of aryl methyl sites for hydroxylation is 1. The zero-order valence-corrected chi connectivity index (χ0v) is 10.0. The first-order valence-electron chi connectivity index (χ1n) is 5.08. The van der Waals surface area contributed by atoms with Gasteiger partial charge >= 0.3 is 0 Å². The van der Waals surface area contributed by atoms with Crippen LogP contribution in [0.1, 0.15) is 10.7 Å². The molecule has 0 unspecified atom stereocenters. The van der Waals surface area contributed by atoms with Crippen LogP contribution in [0.3, 0.4) is 0 Å². The number of amides is 1. The molecule has 0 aliphatic heterocycles. The van der Waals surface area contributed by atoms with Crippen LogP contribution in [0.2, 0.25) is 0 Å². The van der Waals surface area contributed by atoms with Crippen molar-refractivity contribution in [3.8, 4) is 0 Å². The maximum atomic E-state index is 11.8. The SMILES string of the molecule is Cc1nc(CC(=O)N(CCO)CCO)cs1. The number of carbonyl (C=O) groups excluding carboxylic acids is 1. The van der Waals surface area contributed by atoms with Crippen LogP contribution in [0, 0.1) is 6.92 Å². The van der Waals surface area contributed by atoms with Crippen molar-refractivity contribution in [3.05, 3.63) is 16.1 Å². The van der Waals surface area contributed by atoms with Crippen LogP contribution in [-0.4, -0.2) is 52.3 Å². The summed E-state index contributed by atoms with van der Waals surface area (Å²) < 4.78 is 0. The average Bonchev–Trinajstić information content (AvgIpc) is 2.63. The average molecular weight is 244 g/mol. The van der Waals surface area contributed by atoms with Crippen molar-refractivity contribution in [2.24, 2.45) is 0 Å². The molecule has 6 heteroatoms. The first kappa shape index (κ1) is 13.1. The Hall–Kier alpha value is -0.980. The van der Waals surface area contributed by atoms with E-state index in [9.17, 15) is 4.79 Å². The van der Waals surface area contributed by atoms with Gasteiger partial charge in [0.05, 0.1) is 30.3 Å². The van der Waals surface area contributed by atoms with Gasteiger partial charge in [0, 0.05) is 18.5 Å². The Labute approximate surface area is 98.4 Å². The summed E-state index contributed by atoms with van der Waals surface area (Å²) in [5.41, 5.74) is 0.744. The first-order chi connectivity index (χ1) is 7.67. The molecule has 0 atom stereocenters. The van der Waals surface area contributed by atoms with Crippen molar-refractivity contribution >= 4 is 17.2 Å². The number of thiazole rings is 1. The third kappa shape index (κ3) is 3.88. The molecular weight excluding hydrogens is 228 g/mol. The van der Waals surface area contributed by atoms with Crippen LogP contribution < -0.4 is 0 Å². The minimum Gasteiger partial charge on any atom is -0.395 e. The summed E-state index contributed by atoms with van der Waals surface area (Å²) in [5.74, 6) is -0.117. The minimum absolute atomic E-state index is 0.0954. The highest BCUT2D eigenvalue weighted by Gasteiger charge is 2.14. The normalized spacial score (nSPS) is 10.4. The lowest BCUT2D eigenvalue weighted by atomic mass is 10.3. The van der Waals surface area contributed by atoms with Gasteiger partial charge in [0.2, 0.25) is 5.91 Å². The van der Waals surface area contributed by atoms with Crippen molar-refractivity contribution in [2.45, 2.75) is 13.3 Å². The third-order valence-corrected chi connectivity index (χ3v) is 2.91. The molecule has 0 aliphatic carbocycles.